The Morgan fingerprint density at radius 3 is 2.26 bits per heavy atom. The highest BCUT2D eigenvalue weighted by molar-refractivity contribution is 5.96. The van der Waals surface area contributed by atoms with Crippen molar-refractivity contribution in [2.45, 2.75) is 20.8 Å². The van der Waals surface area contributed by atoms with Gasteiger partial charge in [0.15, 0.2) is 0 Å². The Morgan fingerprint density at radius 2 is 1.59 bits per heavy atom. The second-order valence-corrected chi connectivity index (χ2v) is 7.14. The molecule has 1 N–H and O–H groups in total. The Morgan fingerprint density at radius 1 is 0.926 bits per heavy atom. The van der Waals surface area contributed by atoms with Crippen LogP contribution in [-0.4, -0.2) is 49.4 Å². The molecule has 27 heavy (non-hydrogen) atoms. The minimum atomic E-state index is -0.211. The third-order valence-corrected chi connectivity index (χ3v) is 5.26. The van der Waals surface area contributed by atoms with Gasteiger partial charge in [-0.15, -0.1) is 0 Å². The molecule has 142 valence electrons. The second kappa shape index (κ2) is 8.25. The number of piperazine rings is 1. The molecule has 0 aliphatic carbocycles. The van der Waals surface area contributed by atoms with Crippen LogP contribution in [0, 0.1) is 20.8 Å². The van der Waals surface area contributed by atoms with Gasteiger partial charge in [-0.05, 0) is 50.1 Å². The Balaban J connectivity index is 1.50. The third-order valence-electron chi connectivity index (χ3n) is 5.26. The molecule has 1 saturated heterocycles. The zero-order valence-corrected chi connectivity index (χ0v) is 16.3. The topological polar surface area (TPSA) is 52.7 Å². The van der Waals surface area contributed by atoms with E-state index in [9.17, 15) is 9.59 Å². The number of aryl methyl sites for hydroxylation is 2. The first-order chi connectivity index (χ1) is 13.0. The van der Waals surface area contributed by atoms with Crippen LogP contribution in [0.25, 0.3) is 0 Å². The summed E-state index contributed by atoms with van der Waals surface area (Å²) in [7, 11) is 0. The fraction of sp³-hybridized carbons (Fsp3) is 0.364. The van der Waals surface area contributed by atoms with Crippen molar-refractivity contribution in [3.63, 3.8) is 0 Å². The molecule has 0 aromatic heterocycles. The number of carbonyl (C=O) groups excluding carboxylic acids is 2. The number of nitrogens with one attached hydrogen (secondary N) is 1. The van der Waals surface area contributed by atoms with E-state index >= 15 is 0 Å². The Kier molecular flexibility index (Phi) is 5.79. The monoisotopic (exact) mass is 365 g/mol. The number of carbonyl (C=O) groups is 2. The summed E-state index contributed by atoms with van der Waals surface area (Å²) in [6.45, 7) is 9.24. The third kappa shape index (κ3) is 4.48. The van der Waals surface area contributed by atoms with Crippen molar-refractivity contribution in [3.05, 3.63) is 64.7 Å². The number of rotatable bonds is 4. The van der Waals surface area contributed by atoms with Gasteiger partial charge in [-0.25, -0.2) is 0 Å². The van der Waals surface area contributed by atoms with Gasteiger partial charge in [-0.3, -0.25) is 9.59 Å². The van der Waals surface area contributed by atoms with E-state index in [-0.39, 0.29) is 18.4 Å². The molecule has 0 spiro atoms. The van der Waals surface area contributed by atoms with Gasteiger partial charge in [-0.2, -0.15) is 0 Å². The van der Waals surface area contributed by atoms with Crippen LogP contribution in [0.1, 0.15) is 27.0 Å². The highest BCUT2D eigenvalue weighted by atomic mass is 16.2. The van der Waals surface area contributed by atoms with Gasteiger partial charge in [0.1, 0.15) is 0 Å². The first-order valence-corrected chi connectivity index (χ1v) is 9.39. The fourth-order valence-electron chi connectivity index (χ4n) is 3.35. The maximum absolute atomic E-state index is 12.4. The number of anilines is 1. The normalized spacial score (nSPS) is 14.2. The first kappa shape index (κ1) is 19.0. The molecule has 1 aliphatic rings. The van der Waals surface area contributed by atoms with Gasteiger partial charge in [0.05, 0.1) is 6.54 Å². The van der Waals surface area contributed by atoms with Gasteiger partial charge in [-0.1, -0.05) is 29.8 Å². The molecule has 2 aromatic carbocycles. The molecule has 0 bridgehead atoms. The molecule has 0 atom stereocenters. The van der Waals surface area contributed by atoms with Crippen LogP contribution >= 0.6 is 0 Å². The van der Waals surface area contributed by atoms with Crippen molar-refractivity contribution in [2.75, 3.05) is 37.6 Å². The highest BCUT2D eigenvalue weighted by Crippen LogP contribution is 2.23. The Labute approximate surface area is 161 Å². The molecule has 5 heteroatoms. The van der Waals surface area contributed by atoms with Crippen molar-refractivity contribution in [2.24, 2.45) is 0 Å². The summed E-state index contributed by atoms with van der Waals surface area (Å²) < 4.78 is 0. The van der Waals surface area contributed by atoms with Crippen LogP contribution in [0.3, 0.4) is 0 Å². The number of nitrogens with zero attached hydrogens (tertiary/aromatic N) is 2. The van der Waals surface area contributed by atoms with Crippen molar-refractivity contribution >= 4 is 17.5 Å². The van der Waals surface area contributed by atoms with Gasteiger partial charge < -0.3 is 15.1 Å². The molecule has 2 aromatic rings. The predicted octanol–water partition coefficient (Wildman–Crippen LogP) is 2.69. The summed E-state index contributed by atoms with van der Waals surface area (Å²) in [5, 5.41) is 2.73. The highest BCUT2D eigenvalue weighted by Gasteiger charge is 2.22. The van der Waals surface area contributed by atoms with Crippen molar-refractivity contribution < 1.29 is 9.59 Å². The smallest absolute Gasteiger partial charge is 0.251 e. The Hall–Kier alpha value is -2.82. The molecule has 0 radical (unpaired) electrons. The van der Waals surface area contributed by atoms with Crippen LogP contribution in [0.15, 0.2) is 42.5 Å². The van der Waals surface area contributed by atoms with E-state index in [2.05, 4.69) is 42.3 Å². The molecule has 0 unspecified atom stereocenters. The van der Waals surface area contributed by atoms with E-state index in [1.165, 1.54) is 16.8 Å². The maximum atomic E-state index is 12.4. The molecule has 3 rings (SSSR count). The molecular formula is C22H27N3O2. The number of hydrogen-bond donors (Lipinski definition) is 1. The molecule has 1 fully saturated rings. The zero-order valence-electron chi connectivity index (χ0n) is 16.3. The number of benzene rings is 2. The fourth-order valence-corrected chi connectivity index (χ4v) is 3.35. The van der Waals surface area contributed by atoms with Gasteiger partial charge >= 0.3 is 0 Å². The molecule has 5 nitrogen and oxygen atoms in total. The molecule has 1 aliphatic heterocycles. The maximum Gasteiger partial charge on any atom is 0.251 e. The number of hydrogen-bond acceptors (Lipinski definition) is 3. The number of amides is 2. The van der Waals surface area contributed by atoms with Crippen LogP contribution in [0.4, 0.5) is 5.69 Å². The van der Waals surface area contributed by atoms with E-state index in [4.69, 9.17) is 0 Å². The largest absolute Gasteiger partial charge is 0.368 e. The summed E-state index contributed by atoms with van der Waals surface area (Å²) in [5.41, 5.74) is 5.50. The predicted molar refractivity (Wildman–Crippen MR) is 108 cm³/mol. The first-order valence-electron chi connectivity index (χ1n) is 9.39. The van der Waals surface area contributed by atoms with Crippen molar-refractivity contribution in [1.82, 2.24) is 10.2 Å². The minimum Gasteiger partial charge on any atom is -0.368 e. The van der Waals surface area contributed by atoms with Crippen molar-refractivity contribution in [1.29, 1.82) is 0 Å². The summed E-state index contributed by atoms with van der Waals surface area (Å²) in [4.78, 5) is 28.8. The molecular weight excluding hydrogens is 338 g/mol. The van der Waals surface area contributed by atoms with E-state index in [1.807, 2.05) is 24.0 Å². The summed E-state index contributed by atoms with van der Waals surface area (Å²) >= 11 is 0. The lowest BCUT2D eigenvalue weighted by Gasteiger charge is -2.37. The average Bonchev–Trinajstić information content (AvgIpc) is 2.68. The van der Waals surface area contributed by atoms with Crippen LogP contribution in [-0.2, 0) is 4.79 Å². The van der Waals surface area contributed by atoms with Gasteiger partial charge in [0.25, 0.3) is 5.91 Å². The lowest BCUT2D eigenvalue weighted by Crippen LogP contribution is -2.51. The van der Waals surface area contributed by atoms with Gasteiger partial charge in [0, 0.05) is 37.4 Å². The zero-order chi connectivity index (χ0) is 19.4. The van der Waals surface area contributed by atoms with E-state index in [0.29, 0.717) is 18.7 Å². The molecule has 1 heterocycles. The van der Waals surface area contributed by atoms with E-state index in [1.54, 1.807) is 12.1 Å². The summed E-state index contributed by atoms with van der Waals surface area (Å²) in [6, 6.07) is 13.7. The van der Waals surface area contributed by atoms with E-state index < -0.39 is 0 Å². The minimum absolute atomic E-state index is 0.0314. The quantitative estimate of drug-likeness (QED) is 0.906. The summed E-state index contributed by atoms with van der Waals surface area (Å²) in [6.07, 6.45) is 0. The van der Waals surface area contributed by atoms with E-state index in [0.717, 1.165) is 18.7 Å². The molecule has 2 amide bonds. The van der Waals surface area contributed by atoms with Crippen LogP contribution in [0.5, 0.6) is 0 Å². The Bertz CT molecular complexity index is 822. The standard InChI is InChI=1S/C22H27N3O2/c1-16-7-9-19(10-8-16)22(27)23-15-21(26)25-13-11-24(12-14-25)20-6-4-5-17(2)18(20)3/h4-10H,11-15H2,1-3H3,(H,23,27). The lowest BCUT2D eigenvalue weighted by atomic mass is 10.1. The van der Waals surface area contributed by atoms with Gasteiger partial charge in [0.2, 0.25) is 5.91 Å². The molecule has 0 saturated carbocycles. The summed E-state index contributed by atoms with van der Waals surface area (Å²) in [5.74, 6) is -0.242. The van der Waals surface area contributed by atoms with Crippen molar-refractivity contribution in [3.8, 4) is 0 Å². The second-order valence-electron chi connectivity index (χ2n) is 7.14. The SMILES string of the molecule is Cc1ccc(C(=O)NCC(=O)N2CCN(c3cccc(C)c3C)CC2)cc1. The van der Waals surface area contributed by atoms with Crippen LogP contribution in [0.2, 0.25) is 0 Å². The van der Waals surface area contributed by atoms with Crippen LogP contribution < -0.4 is 10.2 Å². The lowest BCUT2D eigenvalue weighted by molar-refractivity contribution is -0.130. The average molecular weight is 365 g/mol.